The van der Waals surface area contributed by atoms with Gasteiger partial charge < -0.3 is 5.32 Å². The topological polar surface area (TPSA) is 101 Å². The molecule has 2 N–H and O–H groups in total. The summed E-state index contributed by atoms with van der Waals surface area (Å²) in [5, 5.41) is 8.41. The predicted octanol–water partition coefficient (Wildman–Crippen LogP) is 3.03. The third kappa shape index (κ3) is 5.12. The highest BCUT2D eigenvalue weighted by molar-refractivity contribution is 7.90. The average molecular weight is 409 g/mol. The van der Waals surface area contributed by atoms with Crippen LogP contribution in [-0.2, 0) is 14.8 Å². The van der Waals surface area contributed by atoms with E-state index in [0.717, 1.165) is 16.9 Å². The number of hydrogen-bond donors (Lipinski definition) is 2. The van der Waals surface area contributed by atoms with Crippen LogP contribution in [0.4, 0.5) is 5.69 Å². The van der Waals surface area contributed by atoms with Crippen LogP contribution in [0.2, 0.25) is 0 Å². The standard InChI is InChI=1S/C18H24N4O3S2/c1-12(2)27(24,25)21-16-9-5-14(6-10-16)18(23)19-15-7-3-13(4-8-15)17-11-26-22-20-17/h3-4,7-8,11-12,14,16,21H,5-6,9-10H2,1-2H3,(H,19,23). The molecule has 9 heteroatoms. The van der Waals surface area contributed by atoms with Crippen molar-refractivity contribution in [2.24, 2.45) is 5.92 Å². The van der Waals surface area contributed by atoms with E-state index in [2.05, 4.69) is 19.6 Å². The van der Waals surface area contributed by atoms with Crippen molar-refractivity contribution in [2.45, 2.75) is 50.8 Å². The van der Waals surface area contributed by atoms with E-state index >= 15 is 0 Å². The molecule has 1 amide bonds. The average Bonchev–Trinajstić information content (AvgIpc) is 3.17. The zero-order valence-electron chi connectivity index (χ0n) is 15.4. The molecule has 7 nitrogen and oxygen atoms in total. The molecule has 0 aliphatic heterocycles. The lowest BCUT2D eigenvalue weighted by molar-refractivity contribution is -0.120. The van der Waals surface area contributed by atoms with Crippen LogP contribution in [0.1, 0.15) is 39.5 Å². The highest BCUT2D eigenvalue weighted by atomic mass is 32.2. The fourth-order valence-electron chi connectivity index (χ4n) is 3.10. The molecule has 27 heavy (non-hydrogen) atoms. The monoisotopic (exact) mass is 408 g/mol. The van der Waals surface area contributed by atoms with E-state index in [1.165, 1.54) is 11.5 Å². The van der Waals surface area contributed by atoms with Gasteiger partial charge in [0.1, 0.15) is 5.69 Å². The molecular formula is C18H24N4O3S2. The van der Waals surface area contributed by atoms with Crippen molar-refractivity contribution in [1.82, 2.24) is 14.3 Å². The lowest BCUT2D eigenvalue weighted by Gasteiger charge is -2.28. The number of sulfonamides is 1. The van der Waals surface area contributed by atoms with Crippen molar-refractivity contribution in [1.29, 1.82) is 0 Å². The van der Waals surface area contributed by atoms with Gasteiger partial charge >= 0.3 is 0 Å². The van der Waals surface area contributed by atoms with E-state index in [1.807, 2.05) is 29.6 Å². The molecule has 1 aliphatic rings. The van der Waals surface area contributed by atoms with Gasteiger partial charge in [-0.05, 0) is 63.2 Å². The van der Waals surface area contributed by atoms with Gasteiger partial charge in [0.25, 0.3) is 0 Å². The van der Waals surface area contributed by atoms with Gasteiger partial charge in [-0.25, -0.2) is 13.1 Å². The van der Waals surface area contributed by atoms with Crippen LogP contribution in [0.25, 0.3) is 11.3 Å². The minimum atomic E-state index is -3.27. The summed E-state index contributed by atoms with van der Waals surface area (Å²) in [6.45, 7) is 3.33. The second-order valence-electron chi connectivity index (χ2n) is 7.12. The number of amides is 1. The van der Waals surface area contributed by atoms with Crippen LogP contribution in [-0.4, -0.2) is 35.2 Å². The summed E-state index contributed by atoms with van der Waals surface area (Å²) in [6.07, 6.45) is 2.72. The number of carbonyl (C=O) groups is 1. The predicted molar refractivity (Wildman–Crippen MR) is 107 cm³/mol. The summed E-state index contributed by atoms with van der Waals surface area (Å²) in [5.41, 5.74) is 2.52. The Kier molecular flexibility index (Phi) is 6.23. The molecule has 1 fully saturated rings. The zero-order chi connectivity index (χ0) is 19.4. The highest BCUT2D eigenvalue weighted by Gasteiger charge is 2.29. The van der Waals surface area contributed by atoms with Gasteiger partial charge in [0.05, 0.1) is 5.25 Å². The lowest BCUT2D eigenvalue weighted by Crippen LogP contribution is -2.42. The summed E-state index contributed by atoms with van der Waals surface area (Å²) in [4.78, 5) is 12.5. The smallest absolute Gasteiger partial charge is 0.227 e. The summed E-state index contributed by atoms with van der Waals surface area (Å²) < 4.78 is 30.5. The second-order valence-corrected chi connectivity index (χ2v) is 10.00. The number of aromatic nitrogens is 2. The van der Waals surface area contributed by atoms with Gasteiger partial charge in [0, 0.05) is 28.6 Å². The van der Waals surface area contributed by atoms with Gasteiger partial charge in [0.2, 0.25) is 15.9 Å². The molecule has 3 rings (SSSR count). The van der Waals surface area contributed by atoms with E-state index in [9.17, 15) is 13.2 Å². The number of nitrogens with one attached hydrogen (secondary N) is 2. The Morgan fingerprint density at radius 1 is 1.15 bits per heavy atom. The van der Waals surface area contributed by atoms with E-state index < -0.39 is 15.3 Å². The zero-order valence-corrected chi connectivity index (χ0v) is 17.0. The Labute approximate surface area is 163 Å². The summed E-state index contributed by atoms with van der Waals surface area (Å²) in [6, 6.07) is 7.45. The van der Waals surface area contributed by atoms with Crippen LogP contribution in [0.15, 0.2) is 29.6 Å². The van der Waals surface area contributed by atoms with E-state index in [1.54, 1.807) is 13.8 Å². The number of anilines is 1. The van der Waals surface area contributed by atoms with Gasteiger partial charge in [-0.15, -0.1) is 5.10 Å². The Bertz CT molecular complexity index is 857. The molecule has 0 bridgehead atoms. The molecule has 2 aromatic rings. The van der Waals surface area contributed by atoms with Crippen molar-refractivity contribution in [3.8, 4) is 11.3 Å². The summed E-state index contributed by atoms with van der Waals surface area (Å²) >= 11 is 1.30. The number of rotatable bonds is 6. The van der Waals surface area contributed by atoms with E-state index in [4.69, 9.17) is 0 Å². The molecule has 0 saturated heterocycles. The Morgan fingerprint density at radius 3 is 2.37 bits per heavy atom. The van der Waals surface area contributed by atoms with Gasteiger partial charge in [-0.1, -0.05) is 16.6 Å². The maximum Gasteiger partial charge on any atom is 0.227 e. The molecule has 0 radical (unpaired) electrons. The SMILES string of the molecule is CC(C)S(=O)(=O)NC1CCC(C(=O)Nc2ccc(-c3csnn3)cc2)CC1. The van der Waals surface area contributed by atoms with Gasteiger partial charge in [-0.2, -0.15) is 0 Å². The van der Waals surface area contributed by atoms with Crippen LogP contribution < -0.4 is 10.0 Å². The normalized spacial score (nSPS) is 20.6. The number of carbonyl (C=O) groups excluding carboxylic acids is 1. The van der Waals surface area contributed by atoms with Crippen molar-refractivity contribution >= 4 is 33.2 Å². The maximum atomic E-state index is 12.5. The molecule has 1 aliphatic carbocycles. The van der Waals surface area contributed by atoms with Crippen LogP contribution in [0, 0.1) is 5.92 Å². The Balaban J connectivity index is 1.51. The molecule has 1 heterocycles. The fraction of sp³-hybridized carbons (Fsp3) is 0.500. The van der Waals surface area contributed by atoms with Crippen molar-refractivity contribution < 1.29 is 13.2 Å². The van der Waals surface area contributed by atoms with Crippen molar-refractivity contribution in [2.75, 3.05) is 5.32 Å². The first kappa shape index (κ1) is 19.9. The molecule has 0 atom stereocenters. The first-order valence-corrected chi connectivity index (χ1v) is 11.4. The number of hydrogen-bond acceptors (Lipinski definition) is 6. The van der Waals surface area contributed by atoms with Crippen LogP contribution in [0.5, 0.6) is 0 Å². The minimum Gasteiger partial charge on any atom is -0.326 e. The van der Waals surface area contributed by atoms with Crippen LogP contribution in [0.3, 0.4) is 0 Å². The summed E-state index contributed by atoms with van der Waals surface area (Å²) in [7, 11) is -3.27. The molecule has 1 saturated carbocycles. The van der Waals surface area contributed by atoms with Crippen molar-refractivity contribution in [3.05, 3.63) is 29.6 Å². The Hall–Kier alpha value is -1.84. The third-order valence-corrected chi connectivity index (χ3v) is 7.27. The third-order valence-electron chi connectivity index (χ3n) is 4.86. The highest BCUT2D eigenvalue weighted by Crippen LogP contribution is 2.27. The molecule has 146 valence electrons. The minimum absolute atomic E-state index is 0.0109. The number of benzene rings is 1. The van der Waals surface area contributed by atoms with E-state index in [0.29, 0.717) is 25.7 Å². The number of nitrogens with zero attached hydrogens (tertiary/aromatic N) is 2. The molecule has 0 unspecified atom stereocenters. The maximum absolute atomic E-state index is 12.5. The van der Waals surface area contributed by atoms with E-state index in [-0.39, 0.29) is 17.9 Å². The first-order valence-electron chi connectivity index (χ1n) is 9.04. The molecule has 0 spiro atoms. The quantitative estimate of drug-likeness (QED) is 0.765. The first-order chi connectivity index (χ1) is 12.8. The fourth-order valence-corrected chi connectivity index (χ4v) is 4.54. The second kappa shape index (κ2) is 8.45. The molecule has 1 aromatic carbocycles. The van der Waals surface area contributed by atoms with Gasteiger partial charge in [-0.3, -0.25) is 4.79 Å². The summed E-state index contributed by atoms with van der Waals surface area (Å²) in [5.74, 6) is -0.101. The van der Waals surface area contributed by atoms with Crippen molar-refractivity contribution in [3.63, 3.8) is 0 Å². The Morgan fingerprint density at radius 2 is 1.81 bits per heavy atom. The largest absolute Gasteiger partial charge is 0.326 e. The molecule has 1 aromatic heterocycles. The van der Waals surface area contributed by atoms with Gasteiger partial charge in [0.15, 0.2) is 0 Å². The van der Waals surface area contributed by atoms with Crippen LogP contribution >= 0.6 is 11.5 Å². The molecular weight excluding hydrogens is 384 g/mol. The lowest BCUT2D eigenvalue weighted by atomic mass is 9.86.